The lowest BCUT2D eigenvalue weighted by atomic mass is 10.2. The zero-order valence-corrected chi connectivity index (χ0v) is 4.29. The second kappa shape index (κ2) is 1.72. The molecule has 0 radical (unpaired) electrons. The average Bonchev–Trinajstić information content (AvgIpc) is 1.98. The minimum absolute atomic E-state index is 0.266. The van der Waals surface area contributed by atoms with Crippen molar-refractivity contribution in [3.05, 3.63) is 0 Å². The van der Waals surface area contributed by atoms with Crippen LogP contribution in [0.25, 0.3) is 0 Å². The molecule has 2 atom stereocenters. The van der Waals surface area contributed by atoms with Gasteiger partial charge in [0.05, 0.1) is 6.10 Å². The van der Waals surface area contributed by atoms with E-state index in [1.54, 1.807) is 0 Å². The summed E-state index contributed by atoms with van der Waals surface area (Å²) in [5, 5.41) is 11.2. The maximum atomic E-state index is 10.4. The van der Waals surface area contributed by atoms with E-state index in [1.165, 1.54) is 0 Å². The van der Waals surface area contributed by atoms with E-state index in [0.717, 1.165) is 0 Å². The summed E-state index contributed by atoms with van der Waals surface area (Å²) in [4.78, 5) is 10.4. The van der Waals surface area contributed by atoms with Gasteiger partial charge in [-0.3, -0.25) is 4.79 Å². The first-order valence-electron chi connectivity index (χ1n) is 2.43. The number of nitrogens with two attached hydrogens (primary N) is 1. The van der Waals surface area contributed by atoms with Gasteiger partial charge in [0.25, 0.3) is 0 Å². The Morgan fingerprint density at radius 1 is 1.88 bits per heavy atom. The first-order chi connectivity index (χ1) is 3.72. The van der Waals surface area contributed by atoms with Gasteiger partial charge in [-0.05, 0) is 0 Å². The molecule has 0 aliphatic carbocycles. The van der Waals surface area contributed by atoms with Crippen LogP contribution in [0, 0.1) is 0 Å². The number of carbonyl (C=O) groups is 1. The molecule has 4 N–H and O–H groups in total. The Balaban J connectivity index is 2.56. The predicted octanol–water partition coefficient (Wildman–Crippen LogP) is -2.20. The third kappa shape index (κ3) is 0.677. The highest BCUT2D eigenvalue weighted by molar-refractivity contribution is 5.84. The number of carbonyl (C=O) groups excluding carboxylic acids is 1. The monoisotopic (exact) mass is 116 g/mol. The van der Waals surface area contributed by atoms with Crippen LogP contribution in [-0.2, 0) is 4.79 Å². The Hall–Kier alpha value is -0.610. The lowest BCUT2D eigenvalue weighted by Crippen LogP contribution is -2.36. The number of rotatable bonds is 0. The summed E-state index contributed by atoms with van der Waals surface area (Å²) < 4.78 is 0. The Morgan fingerprint density at radius 2 is 2.50 bits per heavy atom. The predicted molar refractivity (Wildman–Crippen MR) is 27.0 cm³/mol. The van der Waals surface area contributed by atoms with Gasteiger partial charge in [-0.15, -0.1) is 0 Å². The molecule has 0 spiro atoms. The molecule has 4 nitrogen and oxygen atoms in total. The summed E-state index contributed by atoms with van der Waals surface area (Å²) in [5.74, 6) is -0.266. The summed E-state index contributed by atoms with van der Waals surface area (Å²) in [5.41, 5.74) is 5.16. The quantitative estimate of drug-likeness (QED) is 0.336. The summed E-state index contributed by atoms with van der Waals surface area (Å²) in [6, 6.07) is -0.713. The largest absolute Gasteiger partial charge is 0.389 e. The lowest BCUT2D eigenvalue weighted by Gasteiger charge is -2.00. The molecule has 1 aliphatic heterocycles. The number of nitrogens with one attached hydrogen (secondary N) is 1. The number of aliphatic hydroxyl groups excluding tert-OH is 1. The molecule has 0 aromatic rings. The van der Waals surface area contributed by atoms with Crippen molar-refractivity contribution < 1.29 is 9.90 Å². The fraction of sp³-hybridized carbons (Fsp3) is 0.750. The van der Waals surface area contributed by atoms with E-state index >= 15 is 0 Å². The minimum Gasteiger partial charge on any atom is -0.389 e. The van der Waals surface area contributed by atoms with Crippen LogP contribution in [0.15, 0.2) is 0 Å². The van der Waals surface area contributed by atoms with Crippen LogP contribution in [0.2, 0.25) is 0 Å². The van der Waals surface area contributed by atoms with Crippen molar-refractivity contribution in [3.63, 3.8) is 0 Å². The summed E-state index contributed by atoms with van der Waals surface area (Å²) in [6.07, 6.45) is -0.692. The van der Waals surface area contributed by atoms with Crippen LogP contribution in [0.5, 0.6) is 0 Å². The topological polar surface area (TPSA) is 75.4 Å². The smallest absolute Gasteiger partial charge is 0.239 e. The van der Waals surface area contributed by atoms with Gasteiger partial charge in [0.2, 0.25) is 5.91 Å². The van der Waals surface area contributed by atoms with Crippen molar-refractivity contribution in [1.82, 2.24) is 5.32 Å². The molecule has 1 saturated heterocycles. The molecule has 8 heavy (non-hydrogen) atoms. The Bertz CT molecular complexity index is 115. The molecule has 0 aromatic heterocycles. The molecular weight excluding hydrogens is 108 g/mol. The Morgan fingerprint density at radius 3 is 2.62 bits per heavy atom. The highest BCUT2D eigenvalue weighted by atomic mass is 16.3. The molecule has 0 aromatic carbocycles. The van der Waals surface area contributed by atoms with Crippen LogP contribution in [0.3, 0.4) is 0 Å². The van der Waals surface area contributed by atoms with Crippen LogP contribution in [0.1, 0.15) is 0 Å². The molecular formula is C4H8N2O2. The molecule has 0 bridgehead atoms. The molecule has 1 aliphatic rings. The van der Waals surface area contributed by atoms with Gasteiger partial charge in [-0.1, -0.05) is 0 Å². The third-order valence-electron chi connectivity index (χ3n) is 1.20. The highest BCUT2D eigenvalue weighted by Crippen LogP contribution is 1.95. The molecule has 1 unspecified atom stereocenters. The van der Waals surface area contributed by atoms with Crippen molar-refractivity contribution in [1.29, 1.82) is 0 Å². The Kier molecular flexibility index (Phi) is 1.19. The second-order valence-corrected chi connectivity index (χ2v) is 1.84. The fourth-order valence-corrected chi connectivity index (χ4v) is 0.625. The average molecular weight is 116 g/mol. The van der Waals surface area contributed by atoms with E-state index in [0.29, 0.717) is 6.54 Å². The van der Waals surface area contributed by atoms with Crippen LogP contribution in [-0.4, -0.2) is 29.7 Å². The first-order valence-corrected chi connectivity index (χ1v) is 2.43. The zero-order valence-electron chi connectivity index (χ0n) is 4.29. The van der Waals surface area contributed by atoms with Gasteiger partial charge >= 0.3 is 0 Å². The molecule has 1 heterocycles. The van der Waals surface area contributed by atoms with Crippen molar-refractivity contribution in [2.75, 3.05) is 6.54 Å². The van der Waals surface area contributed by atoms with Crippen LogP contribution < -0.4 is 11.1 Å². The maximum absolute atomic E-state index is 10.4. The van der Waals surface area contributed by atoms with Crippen LogP contribution >= 0.6 is 0 Å². The first kappa shape index (κ1) is 5.53. The number of aliphatic hydroxyl groups is 1. The van der Waals surface area contributed by atoms with Gasteiger partial charge in [0, 0.05) is 6.54 Å². The minimum atomic E-state index is -0.713. The number of amides is 1. The molecule has 1 rings (SSSR count). The second-order valence-electron chi connectivity index (χ2n) is 1.84. The fourth-order valence-electron chi connectivity index (χ4n) is 0.625. The van der Waals surface area contributed by atoms with Crippen molar-refractivity contribution in [2.45, 2.75) is 12.1 Å². The van der Waals surface area contributed by atoms with Gasteiger partial charge < -0.3 is 16.2 Å². The Labute approximate surface area is 46.7 Å². The molecule has 0 saturated carbocycles. The van der Waals surface area contributed by atoms with E-state index in [1.807, 2.05) is 0 Å². The SMILES string of the molecule is NC1C(=O)NC[C@@H]1O. The van der Waals surface area contributed by atoms with Crippen LogP contribution in [0.4, 0.5) is 0 Å². The van der Waals surface area contributed by atoms with Crippen molar-refractivity contribution in [2.24, 2.45) is 5.73 Å². The van der Waals surface area contributed by atoms with E-state index in [2.05, 4.69) is 5.32 Å². The normalized spacial score (nSPS) is 37.5. The maximum Gasteiger partial charge on any atom is 0.239 e. The van der Waals surface area contributed by atoms with Gasteiger partial charge in [-0.25, -0.2) is 0 Å². The van der Waals surface area contributed by atoms with Gasteiger partial charge in [0.15, 0.2) is 0 Å². The number of β-amino-alcohol motifs (C(OH)–C–C–N with tert-alkyl or cyclic N) is 1. The third-order valence-corrected chi connectivity index (χ3v) is 1.20. The van der Waals surface area contributed by atoms with Gasteiger partial charge in [-0.2, -0.15) is 0 Å². The molecule has 46 valence electrons. The molecule has 1 amide bonds. The molecule has 4 heteroatoms. The van der Waals surface area contributed by atoms with Crippen molar-refractivity contribution in [3.8, 4) is 0 Å². The van der Waals surface area contributed by atoms with Gasteiger partial charge in [0.1, 0.15) is 6.04 Å². The van der Waals surface area contributed by atoms with E-state index in [9.17, 15) is 4.79 Å². The van der Waals surface area contributed by atoms with E-state index < -0.39 is 12.1 Å². The van der Waals surface area contributed by atoms with E-state index in [4.69, 9.17) is 10.8 Å². The number of hydrogen-bond donors (Lipinski definition) is 3. The number of hydrogen-bond acceptors (Lipinski definition) is 3. The highest BCUT2D eigenvalue weighted by Gasteiger charge is 2.28. The zero-order chi connectivity index (χ0) is 6.15. The van der Waals surface area contributed by atoms with E-state index in [-0.39, 0.29) is 5.91 Å². The van der Waals surface area contributed by atoms with Crippen molar-refractivity contribution >= 4 is 5.91 Å². The summed E-state index contributed by atoms with van der Waals surface area (Å²) in [6.45, 7) is 0.292. The lowest BCUT2D eigenvalue weighted by molar-refractivity contribution is -0.120. The summed E-state index contributed by atoms with van der Waals surface area (Å²) in [7, 11) is 0. The summed E-state index contributed by atoms with van der Waals surface area (Å²) >= 11 is 0. The standard InChI is InChI=1S/C4H8N2O2/c5-3-2(7)1-6-4(3)8/h2-3,7H,1,5H2,(H,6,8)/t2-,3?/m0/s1. The molecule has 1 fully saturated rings.